The van der Waals surface area contributed by atoms with E-state index >= 15 is 0 Å². The van der Waals surface area contributed by atoms with Gasteiger partial charge >= 0.3 is 5.97 Å². The van der Waals surface area contributed by atoms with Gasteiger partial charge in [0.15, 0.2) is 0 Å². The van der Waals surface area contributed by atoms with Crippen LogP contribution < -0.4 is 5.32 Å². The number of carbonyl (C=O) groups is 2. The summed E-state index contributed by atoms with van der Waals surface area (Å²) < 4.78 is 5.45. The lowest BCUT2D eigenvalue weighted by atomic mass is 10.0. The molecule has 0 saturated carbocycles. The summed E-state index contributed by atoms with van der Waals surface area (Å²) in [6.45, 7) is 4.85. The highest BCUT2D eigenvalue weighted by Crippen LogP contribution is 2.16. The molecule has 0 heterocycles. The van der Waals surface area contributed by atoms with E-state index in [9.17, 15) is 19.8 Å². The minimum absolute atomic E-state index is 0.0427. The van der Waals surface area contributed by atoms with Crippen LogP contribution in [-0.4, -0.2) is 47.4 Å². The van der Waals surface area contributed by atoms with Gasteiger partial charge in [0.05, 0.1) is 25.4 Å². The Morgan fingerprint density at radius 3 is 1.27 bits per heavy atom. The van der Waals surface area contributed by atoms with Gasteiger partial charge in [-0.3, -0.25) is 9.59 Å². The number of hydrogen-bond donors (Lipinski definition) is 3. The van der Waals surface area contributed by atoms with E-state index < -0.39 is 12.1 Å². The first-order valence-electron chi connectivity index (χ1n) is 27.7. The molecule has 1 amide bonds. The highest BCUT2D eigenvalue weighted by Gasteiger charge is 2.20. The van der Waals surface area contributed by atoms with Gasteiger partial charge in [0.25, 0.3) is 0 Å². The Morgan fingerprint density at radius 2 is 0.810 bits per heavy atom. The summed E-state index contributed by atoms with van der Waals surface area (Å²) in [7, 11) is 0. The highest BCUT2D eigenvalue weighted by atomic mass is 16.5. The largest absolute Gasteiger partial charge is 0.466 e. The van der Waals surface area contributed by atoms with Crippen molar-refractivity contribution in [2.45, 2.75) is 302 Å². The molecule has 0 aromatic carbocycles. The summed E-state index contributed by atoms with van der Waals surface area (Å²) in [5.41, 5.74) is 0. The maximum absolute atomic E-state index is 12.5. The summed E-state index contributed by atoms with van der Waals surface area (Å²) in [4.78, 5) is 24.5. The van der Waals surface area contributed by atoms with Crippen molar-refractivity contribution >= 4 is 11.9 Å². The van der Waals surface area contributed by atoms with E-state index in [2.05, 4.69) is 55.6 Å². The summed E-state index contributed by atoms with van der Waals surface area (Å²) in [5.74, 6) is -0.138. The Labute approximate surface area is 392 Å². The lowest BCUT2D eigenvalue weighted by Gasteiger charge is -2.22. The zero-order chi connectivity index (χ0) is 45.8. The van der Waals surface area contributed by atoms with Crippen LogP contribution >= 0.6 is 0 Å². The Hall–Kier alpha value is -1.92. The van der Waals surface area contributed by atoms with Crippen LogP contribution in [0.15, 0.2) is 36.5 Å². The quantitative estimate of drug-likeness (QED) is 0.0321. The minimum atomic E-state index is -0.697. The van der Waals surface area contributed by atoms with Crippen LogP contribution in [0.1, 0.15) is 290 Å². The second kappa shape index (κ2) is 52.7. The number of unbranched alkanes of at least 4 members (excludes halogenated alkanes) is 34. The number of allylic oxidation sites excluding steroid dienone is 6. The molecule has 2 atom stereocenters. The number of ether oxygens (including phenoxy) is 1. The number of aliphatic hydroxyl groups is 2. The molecule has 6 heteroatoms. The Morgan fingerprint density at radius 1 is 0.444 bits per heavy atom. The smallest absolute Gasteiger partial charge is 0.305 e. The molecule has 0 aliphatic rings. The van der Waals surface area contributed by atoms with Crippen LogP contribution in [0.25, 0.3) is 0 Å². The molecule has 2 unspecified atom stereocenters. The number of hydrogen-bond acceptors (Lipinski definition) is 5. The van der Waals surface area contributed by atoms with E-state index in [4.69, 9.17) is 4.74 Å². The number of rotatable bonds is 51. The van der Waals surface area contributed by atoms with E-state index in [-0.39, 0.29) is 18.5 Å². The molecule has 0 saturated heterocycles. The zero-order valence-electron chi connectivity index (χ0n) is 42.1. The zero-order valence-corrected chi connectivity index (χ0v) is 42.1. The normalized spacial score (nSPS) is 12.9. The van der Waals surface area contributed by atoms with Crippen molar-refractivity contribution in [3.63, 3.8) is 0 Å². The molecular formula is C57H107NO5. The van der Waals surface area contributed by atoms with Crippen molar-refractivity contribution in [2.75, 3.05) is 13.2 Å². The summed E-state index contributed by atoms with van der Waals surface area (Å²) in [5, 5.41) is 23.2. The molecule has 0 radical (unpaired) electrons. The van der Waals surface area contributed by atoms with Gasteiger partial charge in [0.2, 0.25) is 5.91 Å². The molecule has 6 nitrogen and oxygen atoms in total. The first kappa shape index (κ1) is 61.1. The average Bonchev–Trinajstić information content (AvgIpc) is 3.28. The van der Waals surface area contributed by atoms with Crippen LogP contribution in [0, 0.1) is 0 Å². The summed E-state index contributed by atoms with van der Waals surface area (Å²) >= 11 is 0. The van der Waals surface area contributed by atoms with Gasteiger partial charge in [-0.05, 0) is 77.0 Å². The van der Waals surface area contributed by atoms with Crippen molar-refractivity contribution in [1.82, 2.24) is 5.32 Å². The SMILES string of the molecule is CCCCCC/C=C\C/C=C\CCCCCCCCCC(=O)OCCCCCC/C=C\CCCC(=O)NC(CO)C(O)CCCCCCCCCCCCCCCCCCCCC. The van der Waals surface area contributed by atoms with Crippen LogP contribution in [-0.2, 0) is 14.3 Å². The van der Waals surface area contributed by atoms with Crippen molar-refractivity contribution in [1.29, 1.82) is 0 Å². The second-order valence-corrected chi connectivity index (χ2v) is 18.9. The Balaban J connectivity index is 3.53. The average molecular weight is 886 g/mol. The van der Waals surface area contributed by atoms with E-state index in [1.807, 2.05) is 0 Å². The van der Waals surface area contributed by atoms with Gasteiger partial charge in [-0.2, -0.15) is 0 Å². The Bertz CT molecular complexity index is 1020. The number of amides is 1. The predicted octanol–water partition coefficient (Wildman–Crippen LogP) is 16.9. The van der Waals surface area contributed by atoms with Gasteiger partial charge in [0, 0.05) is 12.8 Å². The molecule has 3 N–H and O–H groups in total. The number of carbonyl (C=O) groups excluding carboxylic acids is 2. The molecular weight excluding hydrogens is 779 g/mol. The third-order valence-electron chi connectivity index (χ3n) is 12.7. The topological polar surface area (TPSA) is 95.9 Å². The van der Waals surface area contributed by atoms with E-state index in [1.165, 1.54) is 180 Å². The van der Waals surface area contributed by atoms with Crippen LogP contribution in [0.5, 0.6) is 0 Å². The molecule has 370 valence electrons. The van der Waals surface area contributed by atoms with Crippen molar-refractivity contribution in [3.8, 4) is 0 Å². The predicted molar refractivity (Wildman–Crippen MR) is 273 cm³/mol. The van der Waals surface area contributed by atoms with Gasteiger partial charge < -0.3 is 20.3 Å². The number of nitrogens with one attached hydrogen (secondary N) is 1. The molecule has 0 aromatic rings. The third kappa shape index (κ3) is 49.4. The fourth-order valence-electron chi connectivity index (χ4n) is 8.38. The first-order chi connectivity index (χ1) is 31.0. The lowest BCUT2D eigenvalue weighted by molar-refractivity contribution is -0.143. The molecule has 0 bridgehead atoms. The third-order valence-corrected chi connectivity index (χ3v) is 12.7. The van der Waals surface area contributed by atoms with Gasteiger partial charge in [-0.25, -0.2) is 0 Å². The maximum Gasteiger partial charge on any atom is 0.305 e. The summed E-state index contributed by atoms with van der Waals surface area (Å²) in [6.07, 6.45) is 64.2. The lowest BCUT2D eigenvalue weighted by Crippen LogP contribution is -2.45. The standard InChI is InChI=1S/C57H107NO5/c1-3-5-7-9-11-13-15-17-19-21-23-24-26-28-30-33-37-41-45-49-55(60)54(53-59)58-56(61)50-46-42-38-34-32-36-40-44-48-52-63-57(62)51-47-43-39-35-31-29-27-25-22-20-18-16-14-12-10-8-6-4-2/h14,16,20,22,34,38,54-55,59-60H,3-13,15,17-19,21,23-33,35-37,39-53H2,1-2H3,(H,58,61)/b16-14-,22-20-,38-34-. The van der Waals surface area contributed by atoms with E-state index in [1.54, 1.807) is 0 Å². The van der Waals surface area contributed by atoms with Gasteiger partial charge in [-0.15, -0.1) is 0 Å². The molecule has 63 heavy (non-hydrogen) atoms. The van der Waals surface area contributed by atoms with Gasteiger partial charge in [-0.1, -0.05) is 237 Å². The minimum Gasteiger partial charge on any atom is -0.466 e. The van der Waals surface area contributed by atoms with Crippen LogP contribution in [0.4, 0.5) is 0 Å². The summed E-state index contributed by atoms with van der Waals surface area (Å²) in [6, 6.07) is -0.581. The molecule has 0 spiro atoms. The van der Waals surface area contributed by atoms with E-state index in [0.29, 0.717) is 25.9 Å². The monoisotopic (exact) mass is 886 g/mol. The molecule has 0 fully saturated rings. The fourth-order valence-corrected chi connectivity index (χ4v) is 8.38. The van der Waals surface area contributed by atoms with Gasteiger partial charge in [0.1, 0.15) is 0 Å². The first-order valence-corrected chi connectivity index (χ1v) is 27.7. The number of esters is 1. The maximum atomic E-state index is 12.5. The second-order valence-electron chi connectivity index (χ2n) is 18.9. The van der Waals surface area contributed by atoms with Crippen molar-refractivity contribution in [2.24, 2.45) is 0 Å². The fraction of sp³-hybridized carbons (Fsp3) is 0.860. The van der Waals surface area contributed by atoms with Crippen LogP contribution in [0.3, 0.4) is 0 Å². The van der Waals surface area contributed by atoms with Crippen molar-refractivity contribution in [3.05, 3.63) is 36.5 Å². The molecule has 0 aliphatic carbocycles. The number of aliphatic hydroxyl groups excluding tert-OH is 2. The molecule has 0 aromatic heterocycles. The Kier molecular flexibility index (Phi) is 51.1. The highest BCUT2D eigenvalue weighted by molar-refractivity contribution is 5.76. The van der Waals surface area contributed by atoms with E-state index in [0.717, 1.165) is 77.0 Å². The molecule has 0 rings (SSSR count). The van der Waals surface area contributed by atoms with Crippen molar-refractivity contribution < 1.29 is 24.5 Å². The molecule has 0 aliphatic heterocycles. The van der Waals surface area contributed by atoms with Crippen LogP contribution in [0.2, 0.25) is 0 Å².